The zero-order chi connectivity index (χ0) is 8.27. The number of allylic oxidation sites excluding steroid dienone is 1. The molecule has 2 heteroatoms. The molecule has 2 nitrogen and oxygen atoms in total. The molecule has 0 amide bonds. The van der Waals surface area contributed by atoms with E-state index >= 15 is 0 Å². The van der Waals surface area contributed by atoms with Gasteiger partial charge in [-0.3, -0.25) is 4.79 Å². The van der Waals surface area contributed by atoms with Gasteiger partial charge in [-0.15, -0.1) is 0 Å². The molecule has 1 unspecified atom stereocenters. The molecule has 62 valence electrons. The van der Waals surface area contributed by atoms with E-state index in [-0.39, 0.29) is 11.9 Å². The molecule has 0 aromatic heterocycles. The van der Waals surface area contributed by atoms with Crippen molar-refractivity contribution in [3.8, 4) is 0 Å². The van der Waals surface area contributed by atoms with Crippen LogP contribution in [0.15, 0.2) is 12.3 Å². The molecule has 1 rings (SSSR count). The first-order valence-electron chi connectivity index (χ1n) is 4.13. The molecule has 0 saturated carbocycles. The van der Waals surface area contributed by atoms with Crippen molar-refractivity contribution in [3.63, 3.8) is 0 Å². The Labute approximate surface area is 67.2 Å². The molecule has 1 aliphatic rings. The number of cyclic esters (lactones) is 1. The smallest absolute Gasteiger partial charge is 0.313 e. The van der Waals surface area contributed by atoms with Crippen LogP contribution in [0, 0.1) is 5.92 Å². The van der Waals surface area contributed by atoms with E-state index in [4.69, 9.17) is 4.74 Å². The van der Waals surface area contributed by atoms with Gasteiger partial charge >= 0.3 is 5.97 Å². The zero-order valence-corrected chi connectivity index (χ0v) is 6.93. The monoisotopic (exact) mass is 154 g/mol. The van der Waals surface area contributed by atoms with E-state index in [2.05, 4.69) is 13.5 Å². The molecule has 0 aromatic carbocycles. The summed E-state index contributed by atoms with van der Waals surface area (Å²) in [5.74, 6) is 0.677. The highest BCUT2D eigenvalue weighted by atomic mass is 16.5. The number of hydrogen-bond acceptors (Lipinski definition) is 2. The zero-order valence-electron chi connectivity index (χ0n) is 6.93. The lowest BCUT2D eigenvalue weighted by Crippen LogP contribution is -2.22. The van der Waals surface area contributed by atoms with Gasteiger partial charge in [-0.2, -0.15) is 0 Å². The number of carbonyl (C=O) groups is 1. The van der Waals surface area contributed by atoms with Crippen LogP contribution in [0.3, 0.4) is 0 Å². The number of esters is 1. The molecule has 0 aliphatic carbocycles. The Kier molecular flexibility index (Phi) is 2.69. The second-order valence-corrected chi connectivity index (χ2v) is 2.98. The number of hydrogen-bond donors (Lipinski definition) is 0. The predicted octanol–water partition coefficient (Wildman–Crippen LogP) is 2.25. The van der Waals surface area contributed by atoms with Crippen LogP contribution >= 0.6 is 0 Å². The standard InChI is InChI=1S/C9H14O2/c1-3-4-8-6-5-7(2)11-9(8)10/h8H,2-6H2,1H3. The van der Waals surface area contributed by atoms with E-state index < -0.39 is 0 Å². The third-order valence-electron chi connectivity index (χ3n) is 1.99. The minimum Gasteiger partial charge on any atom is -0.431 e. The van der Waals surface area contributed by atoms with Crippen LogP contribution in [0.1, 0.15) is 32.6 Å². The Bertz CT molecular complexity index is 172. The maximum absolute atomic E-state index is 11.1. The summed E-state index contributed by atoms with van der Waals surface area (Å²) >= 11 is 0. The van der Waals surface area contributed by atoms with Gasteiger partial charge in [0.2, 0.25) is 0 Å². The Morgan fingerprint density at radius 2 is 2.45 bits per heavy atom. The lowest BCUT2D eigenvalue weighted by atomic mass is 9.96. The fraction of sp³-hybridized carbons (Fsp3) is 0.667. The molecule has 0 N–H and O–H groups in total. The van der Waals surface area contributed by atoms with Crippen molar-refractivity contribution in [1.29, 1.82) is 0 Å². The first-order chi connectivity index (χ1) is 5.24. The van der Waals surface area contributed by atoms with Crippen LogP contribution in [0.2, 0.25) is 0 Å². The molecule has 1 heterocycles. The Morgan fingerprint density at radius 3 is 3.00 bits per heavy atom. The molecule has 0 aromatic rings. The average Bonchev–Trinajstić information content (AvgIpc) is 1.95. The summed E-state index contributed by atoms with van der Waals surface area (Å²) in [5, 5.41) is 0. The van der Waals surface area contributed by atoms with E-state index in [0.29, 0.717) is 5.76 Å². The third kappa shape index (κ3) is 2.07. The maximum atomic E-state index is 11.1. The summed E-state index contributed by atoms with van der Waals surface area (Å²) in [6.45, 7) is 5.70. The largest absolute Gasteiger partial charge is 0.431 e. The van der Waals surface area contributed by atoms with Gasteiger partial charge < -0.3 is 4.74 Å². The van der Waals surface area contributed by atoms with Gasteiger partial charge in [0.15, 0.2) is 0 Å². The molecule has 11 heavy (non-hydrogen) atoms. The Morgan fingerprint density at radius 1 is 1.73 bits per heavy atom. The fourth-order valence-corrected chi connectivity index (χ4v) is 1.34. The molecule has 0 radical (unpaired) electrons. The van der Waals surface area contributed by atoms with Gasteiger partial charge in [0, 0.05) is 6.42 Å². The van der Waals surface area contributed by atoms with Crippen LogP contribution in [0.5, 0.6) is 0 Å². The molecule has 0 bridgehead atoms. The molecule has 1 aliphatic heterocycles. The SMILES string of the molecule is C=C1CCC(CCC)C(=O)O1. The van der Waals surface area contributed by atoms with Crippen LogP contribution in [-0.2, 0) is 9.53 Å². The topological polar surface area (TPSA) is 26.3 Å². The Balaban J connectivity index is 2.44. The van der Waals surface area contributed by atoms with Gasteiger partial charge in [0.1, 0.15) is 5.76 Å². The second kappa shape index (κ2) is 3.56. The number of carbonyl (C=O) groups excluding carboxylic acids is 1. The molecular formula is C9H14O2. The number of ether oxygens (including phenoxy) is 1. The van der Waals surface area contributed by atoms with Crippen molar-refractivity contribution >= 4 is 5.97 Å². The van der Waals surface area contributed by atoms with Crippen LogP contribution in [-0.4, -0.2) is 5.97 Å². The third-order valence-corrected chi connectivity index (χ3v) is 1.99. The van der Waals surface area contributed by atoms with Crippen LogP contribution in [0.25, 0.3) is 0 Å². The summed E-state index contributed by atoms with van der Waals surface area (Å²) in [4.78, 5) is 11.1. The quantitative estimate of drug-likeness (QED) is 0.570. The lowest BCUT2D eigenvalue weighted by molar-refractivity contribution is -0.147. The van der Waals surface area contributed by atoms with E-state index in [1.54, 1.807) is 0 Å². The predicted molar refractivity (Wildman–Crippen MR) is 42.9 cm³/mol. The van der Waals surface area contributed by atoms with E-state index in [1.165, 1.54) is 0 Å². The average molecular weight is 154 g/mol. The van der Waals surface area contributed by atoms with Crippen molar-refractivity contribution in [2.75, 3.05) is 0 Å². The minimum absolute atomic E-state index is 0.0805. The first kappa shape index (κ1) is 8.31. The molecule has 0 spiro atoms. The normalized spacial score (nSPS) is 25.0. The second-order valence-electron chi connectivity index (χ2n) is 2.98. The summed E-state index contributed by atoms with van der Waals surface area (Å²) in [5.41, 5.74) is 0. The molecule has 1 saturated heterocycles. The van der Waals surface area contributed by atoms with Crippen molar-refractivity contribution in [2.45, 2.75) is 32.6 Å². The van der Waals surface area contributed by atoms with E-state index in [0.717, 1.165) is 25.7 Å². The fourth-order valence-electron chi connectivity index (χ4n) is 1.34. The molecule has 1 fully saturated rings. The highest BCUT2D eigenvalue weighted by Crippen LogP contribution is 2.24. The summed E-state index contributed by atoms with van der Waals surface area (Å²) in [7, 11) is 0. The minimum atomic E-state index is -0.0805. The van der Waals surface area contributed by atoms with Crippen molar-refractivity contribution in [2.24, 2.45) is 5.92 Å². The van der Waals surface area contributed by atoms with E-state index in [9.17, 15) is 4.79 Å². The molecule has 1 atom stereocenters. The van der Waals surface area contributed by atoms with E-state index in [1.807, 2.05) is 0 Å². The van der Waals surface area contributed by atoms with Gasteiger partial charge in [0.25, 0.3) is 0 Å². The van der Waals surface area contributed by atoms with Crippen molar-refractivity contribution in [3.05, 3.63) is 12.3 Å². The first-order valence-corrected chi connectivity index (χ1v) is 4.13. The molecular weight excluding hydrogens is 140 g/mol. The lowest BCUT2D eigenvalue weighted by Gasteiger charge is -2.21. The van der Waals surface area contributed by atoms with Crippen molar-refractivity contribution < 1.29 is 9.53 Å². The van der Waals surface area contributed by atoms with Gasteiger partial charge in [0.05, 0.1) is 5.92 Å². The number of rotatable bonds is 2. The summed E-state index contributed by atoms with van der Waals surface area (Å²) < 4.78 is 4.92. The summed E-state index contributed by atoms with van der Waals surface area (Å²) in [6.07, 6.45) is 3.76. The Hall–Kier alpha value is -0.790. The van der Waals surface area contributed by atoms with Gasteiger partial charge in [-0.1, -0.05) is 19.9 Å². The van der Waals surface area contributed by atoms with Gasteiger partial charge in [-0.25, -0.2) is 0 Å². The van der Waals surface area contributed by atoms with Gasteiger partial charge in [-0.05, 0) is 12.8 Å². The highest BCUT2D eigenvalue weighted by molar-refractivity contribution is 5.74. The highest BCUT2D eigenvalue weighted by Gasteiger charge is 2.24. The van der Waals surface area contributed by atoms with Crippen molar-refractivity contribution in [1.82, 2.24) is 0 Å². The van der Waals surface area contributed by atoms with Crippen LogP contribution in [0.4, 0.5) is 0 Å². The summed E-state index contributed by atoms with van der Waals surface area (Å²) in [6, 6.07) is 0. The maximum Gasteiger partial charge on any atom is 0.313 e. The van der Waals surface area contributed by atoms with Crippen LogP contribution < -0.4 is 0 Å².